The van der Waals surface area contributed by atoms with Crippen molar-refractivity contribution in [3.05, 3.63) is 66.1 Å². The van der Waals surface area contributed by atoms with E-state index in [0.29, 0.717) is 5.56 Å². The van der Waals surface area contributed by atoms with Crippen molar-refractivity contribution < 1.29 is 4.79 Å². The first-order chi connectivity index (χ1) is 10.3. The minimum Gasteiger partial charge on any atom is -0.390 e. The lowest BCUT2D eigenvalue weighted by atomic mass is 9.89. The Balaban J connectivity index is 2.17. The average molecular weight is 279 g/mol. The summed E-state index contributed by atoms with van der Waals surface area (Å²) < 4.78 is 0. The lowest BCUT2D eigenvalue weighted by molar-refractivity contribution is 0.100. The standard InChI is InChI=1S/C17H17N3O/c18-17(21)14-8-10-20-16(13-7-4-9-19-11-13)15(14)12-5-2-1-3-6-12/h1-6,8-10,13,19H,7,11H2,(H2,18,21). The van der Waals surface area contributed by atoms with Crippen molar-refractivity contribution in [2.24, 2.45) is 5.73 Å². The molecule has 4 heteroatoms. The van der Waals surface area contributed by atoms with Gasteiger partial charge in [-0.15, -0.1) is 0 Å². The monoisotopic (exact) mass is 279 g/mol. The Kier molecular flexibility index (Phi) is 3.69. The molecule has 1 aromatic carbocycles. The molecule has 106 valence electrons. The van der Waals surface area contributed by atoms with Crippen molar-refractivity contribution in [1.82, 2.24) is 10.3 Å². The van der Waals surface area contributed by atoms with Crippen LogP contribution in [0.3, 0.4) is 0 Å². The Labute approximate surface area is 123 Å². The number of primary amides is 1. The van der Waals surface area contributed by atoms with Crippen LogP contribution in [0.5, 0.6) is 0 Å². The molecule has 3 N–H and O–H groups in total. The van der Waals surface area contributed by atoms with Crippen LogP contribution in [0, 0.1) is 0 Å². The third-order valence-electron chi connectivity index (χ3n) is 3.72. The molecule has 2 aromatic rings. The summed E-state index contributed by atoms with van der Waals surface area (Å²) in [6.07, 6.45) is 6.61. The fourth-order valence-electron chi connectivity index (χ4n) is 2.72. The number of benzene rings is 1. The number of pyridine rings is 1. The number of nitrogens with one attached hydrogen (secondary N) is 1. The number of hydrogen-bond donors (Lipinski definition) is 2. The average Bonchev–Trinajstić information content (AvgIpc) is 2.55. The first kappa shape index (κ1) is 13.4. The number of carbonyl (C=O) groups is 1. The highest BCUT2D eigenvalue weighted by atomic mass is 16.1. The Hall–Kier alpha value is -2.62. The van der Waals surface area contributed by atoms with Crippen molar-refractivity contribution in [2.75, 3.05) is 6.54 Å². The molecule has 3 rings (SSSR count). The SMILES string of the molecule is NC(=O)c1ccnc(C2CC=CNC2)c1-c1ccccc1. The molecule has 0 bridgehead atoms. The van der Waals surface area contributed by atoms with Gasteiger partial charge in [-0.05, 0) is 24.3 Å². The molecule has 1 amide bonds. The van der Waals surface area contributed by atoms with Gasteiger partial charge in [-0.1, -0.05) is 36.4 Å². The van der Waals surface area contributed by atoms with Crippen LogP contribution in [-0.2, 0) is 0 Å². The van der Waals surface area contributed by atoms with Crippen LogP contribution in [0.25, 0.3) is 11.1 Å². The molecular weight excluding hydrogens is 262 g/mol. The summed E-state index contributed by atoms with van der Waals surface area (Å²) in [6, 6.07) is 11.5. The summed E-state index contributed by atoms with van der Waals surface area (Å²) in [5.41, 5.74) is 8.84. The van der Waals surface area contributed by atoms with E-state index in [1.165, 1.54) is 0 Å². The van der Waals surface area contributed by atoms with Gasteiger partial charge >= 0.3 is 0 Å². The summed E-state index contributed by atoms with van der Waals surface area (Å²) in [7, 11) is 0. The van der Waals surface area contributed by atoms with Crippen molar-refractivity contribution in [3.63, 3.8) is 0 Å². The van der Waals surface area contributed by atoms with Gasteiger partial charge in [-0.2, -0.15) is 0 Å². The Morgan fingerprint density at radius 2 is 2.05 bits per heavy atom. The predicted molar refractivity (Wildman–Crippen MR) is 82.7 cm³/mol. The molecule has 1 aromatic heterocycles. The summed E-state index contributed by atoms with van der Waals surface area (Å²) in [4.78, 5) is 16.3. The van der Waals surface area contributed by atoms with Gasteiger partial charge in [0.2, 0.25) is 5.91 Å². The highest BCUT2D eigenvalue weighted by Crippen LogP contribution is 2.33. The molecule has 0 fully saturated rings. The van der Waals surface area contributed by atoms with Gasteiger partial charge in [0.05, 0.1) is 11.3 Å². The quantitative estimate of drug-likeness (QED) is 0.906. The van der Waals surface area contributed by atoms with Crippen molar-refractivity contribution >= 4 is 5.91 Å². The fourth-order valence-corrected chi connectivity index (χ4v) is 2.72. The van der Waals surface area contributed by atoms with Crippen LogP contribution in [-0.4, -0.2) is 17.4 Å². The number of carbonyl (C=O) groups excluding carboxylic acids is 1. The van der Waals surface area contributed by atoms with Gasteiger partial charge in [0.1, 0.15) is 0 Å². The maximum absolute atomic E-state index is 11.8. The Morgan fingerprint density at radius 1 is 1.24 bits per heavy atom. The van der Waals surface area contributed by atoms with Gasteiger partial charge in [-0.25, -0.2) is 0 Å². The number of nitrogens with zero attached hydrogens (tertiary/aromatic N) is 1. The highest BCUT2D eigenvalue weighted by Gasteiger charge is 2.22. The number of aromatic nitrogens is 1. The van der Waals surface area contributed by atoms with Crippen molar-refractivity contribution in [1.29, 1.82) is 0 Å². The van der Waals surface area contributed by atoms with Crippen LogP contribution in [0.2, 0.25) is 0 Å². The second-order valence-corrected chi connectivity index (χ2v) is 5.09. The second kappa shape index (κ2) is 5.79. The highest BCUT2D eigenvalue weighted by molar-refractivity contribution is 6.00. The van der Waals surface area contributed by atoms with E-state index < -0.39 is 5.91 Å². The predicted octanol–water partition coefficient (Wildman–Crippen LogP) is 2.44. The van der Waals surface area contributed by atoms with E-state index in [1.807, 2.05) is 36.5 Å². The number of allylic oxidation sites excluding steroid dienone is 1. The molecule has 0 spiro atoms. The molecule has 0 aliphatic carbocycles. The van der Waals surface area contributed by atoms with E-state index in [2.05, 4.69) is 16.4 Å². The van der Waals surface area contributed by atoms with Gasteiger partial charge in [-0.3, -0.25) is 9.78 Å². The molecule has 0 saturated heterocycles. The first-order valence-corrected chi connectivity index (χ1v) is 7.00. The summed E-state index contributed by atoms with van der Waals surface area (Å²) in [6.45, 7) is 0.811. The first-order valence-electron chi connectivity index (χ1n) is 7.00. The van der Waals surface area contributed by atoms with E-state index in [0.717, 1.165) is 29.8 Å². The lowest BCUT2D eigenvalue weighted by Crippen LogP contribution is -2.23. The molecular formula is C17H17N3O. The van der Waals surface area contributed by atoms with Gasteiger partial charge in [0.15, 0.2) is 0 Å². The Bertz CT molecular complexity index is 680. The summed E-state index contributed by atoms with van der Waals surface area (Å²) in [5, 5.41) is 3.22. The van der Waals surface area contributed by atoms with Crippen LogP contribution >= 0.6 is 0 Å². The van der Waals surface area contributed by atoms with Gasteiger partial charge in [0.25, 0.3) is 0 Å². The number of nitrogens with two attached hydrogens (primary N) is 1. The maximum atomic E-state index is 11.8. The van der Waals surface area contributed by atoms with Crippen LogP contribution in [0.1, 0.15) is 28.4 Å². The van der Waals surface area contributed by atoms with Gasteiger partial charge in [0, 0.05) is 24.2 Å². The topological polar surface area (TPSA) is 68.0 Å². The van der Waals surface area contributed by atoms with E-state index in [4.69, 9.17) is 5.73 Å². The molecule has 4 nitrogen and oxygen atoms in total. The van der Waals surface area contributed by atoms with Crippen LogP contribution in [0.15, 0.2) is 54.9 Å². The largest absolute Gasteiger partial charge is 0.390 e. The molecule has 0 saturated carbocycles. The number of rotatable bonds is 3. The second-order valence-electron chi connectivity index (χ2n) is 5.09. The third kappa shape index (κ3) is 2.65. The zero-order valence-electron chi connectivity index (χ0n) is 11.6. The number of hydrogen-bond acceptors (Lipinski definition) is 3. The Morgan fingerprint density at radius 3 is 2.71 bits per heavy atom. The smallest absolute Gasteiger partial charge is 0.249 e. The molecule has 2 heterocycles. The van der Waals surface area contributed by atoms with E-state index >= 15 is 0 Å². The maximum Gasteiger partial charge on any atom is 0.249 e. The van der Waals surface area contributed by atoms with Gasteiger partial charge < -0.3 is 11.1 Å². The minimum absolute atomic E-state index is 0.240. The van der Waals surface area contributed by atoms with E-state index in [9.17, 15) is 4.79 Å². The molecule has 21 heavy (non-hydrogen) atoms. The molecule has 1 aliphatic heterocycles. The number of amides is 1. The molecule has 1 atom stereocenters. The van der Waals surface area contributed by atoms with E-state index in [-0.39, 0.29) is 5.92 Å². The zero-order chi connectivity index (χ0) is 14.7. The molecule has 1 unspecified atom stereocenters. The minimum atomic E-state index is -0.420. The van der Waals surface area contributed by atoms with Crippen LogP contribution in [0.4, 0.5) is 0 Å². The van der Waals surface area contributed by atoms with E-state index in [1.54, 1.807) is 12.3 Å². The summed E-state index contributed by atoms with van der Waals surface area (Å²) >= 11 is 0. The van der Waals surface area contributed by atoms with Crippen LogP contribution < -0.4 is 11.1 Å². The summed E-state index contributed by atoms with van der Waals surface area (Å²) in [5.74, 6) is -0.179. The zero-order valence-corrected chi connectivity index (χ0v) is 11.6. The molecule has 0 radical (unpaired) electrons. The normalized spacial score (nSPS) is 17.2. The third-order valence-corrected chi connectivity index (χ3v) is 3.72. The van der Waals surface area contributed by atoms with Crippen molar-refractivity contribution in [3.8, 4) is 11.1 Å². The fraction of sp³-hybridized carbons (Fsp3) is 0.176. The van der Waals surface area contributed by atoms with Crippen molar-refractivity contribution in [2.45, 2.75) is 12.3 Å². The molecule has 1 aliphatic rings. The lowest BCUT2D eigenvalue weighted by Gasteiger charge is -2.22.